The van der Waals surface area contributed by atoms with Crippen molar-refractivity contribution < 1.29 is 14.2 Å². The molecule has 0 unspecified atom stereocenters. The van der Waals surface area contributed by atoms with Crippen LogP contribution in [-0.2, 0) is 10.2 Å². The lowest BCUT2D eigenvalue weighted by Crippen LogP contribution is -2.43. The predicted octanol–water partition coefficient (Wildman–Crippen LogP) is 5.44. The number of halogens is 1. The highest BCUT2D eigenvalue weighted by Crippen LogP contribution is 2.51. The Kier molecular flexibility index (Phi) is 6.89. The van der Waals surface area contributed by atoms with Crippen molar-refractivity contribution in [3.8, 4) is 0 Å². The van der Waals surface area contributed by atoms with Gasteiger partial charge in [0.15, 0.2) is 0 Å². The Morgan fingerprint density at radius 3 is 2.53 bits per heavy atom. The number of hydrogen-bond donors (Lipinski definition) is 2. The van der Waals surface area contributed by atoms with Crippen LogP contribution in [0.2, 0.25) is 0 Å². The first kappa shape index (κ1) is 23.2. The number of anilines is 1. The normalized spacial score (nSPS) is 25.2. The highest BCUT2D eigenvalue weighted by atomic mass is 19.1. The van der Waals surface area contributed by atoms with E-state index in [1.54, 1.807) is 12.1 Å². The number of rotatable bonds is 6. The van der Waals surface area contributed by atoms with Gasteiger partial charge >= 0.3 is 0 Å². The summed E-state index contributed by atoms with van der Waals surface area (Å²) in [5, 5.41) is 13.1. The van der Waals surface area contributed by atoms with Crippen LogP contribution in [0.4, 0.5) is 10.1 Å². The van der Waals surface area contributed by atoms with Gasteiger partial charge in [-0.25, -0.2) is 4.39 Å². The third-order valence-electron chi connectivity index (χ3n) is 7.07. The van der Waals surface area contributed by atoms with Gasteiger partial charge in [0.1, 0.15) is 5.82 Å². The number of aliphatic hydroxyl groups excluding tert-OH is 1. The molecular weight excluding hydrogens is 403 g/mol. The van der Waals surface area contributed by atoms with Crippen LogP contribution in [0.1, 0.15) is 69.4 Å². The molecule has 1 fully saturated rings. The number of ether oxygens (including phenoxy) is 1. The van der Waals surface area contributed by atoms with Crippen LogP contribution in [0.3, 0.4) is 0 Å². The largest absolute Gasteiger partial charge is 0.395 e. The monoisotopic (exact) mass is 440 g/mol. The van der Waals surface area contributed by atoms with E-state index in [0.717, 1.165) is 37.2 Å². The number of aliphatic hydroxyl groups is 1. The highest BCUT2D eigenvalue weighted by molar-refractivity contribution is 5.59. The minimum absolute atomic E-state index is 0.00446. The van der Waals surface area contributed by atoms with E-state index in [4.69, 9.17) is 4.74 Å². The van der Waals surface area contributed by atoms with E-state index in [0.29, 0.717) is 6.54 Å². The van der Waals surface area contributed by atoms with E-state index in [9.17, 15) is 9.50 Å². The lowest BCUT2D eigenvalue weighted by atomic mass is 9.75. The molecule has 4 rings (SSSR count). The molecule has 2 aromatic rings. The molecule has 174 valence electrons. The molecule has 0 bridgehead atoms. The van der Waals surface area contributed by atoms with Crippen molar-refractivity contribution in [1.29, 1.82) is 0 Å². The molecule has 2 aliphatic rings. The molecule has 5 heteroatoms. The van der Waals surface area contributed by atoms with Gasteiger partial charge in [-0.2, -0.15) is 0 Å². The van der Waals surface area contributed by atoms with Gasteiger partial charge in [0.2, 0.25) is 0 Å². The summed E-state index contributed by atoms with van der Waals surface area (Å²) in [5.74, 6) is 0.0761. The molecule has 32 heavy (non-hydrogen) atoms. The molecular formula is C27H37FN2O2. The summed E-state index contributed by atoms with van der Waals surface area (Å²) >= 11 is 0. The van der Waals surface area contributed by atoms with Crippen molar-refractivity contribution >= 4 is 5.69 Å². The van der Waals surface area contributed by atoms with Crippen LogP contribution in [0.5, 0.6) is 0 Å². The summed E-state index contributed by atoms with van der Waals surface area (Å²) in [6.45, 7) is 11.4. The second kappa shape index (κ2) is 9.50. The Balaban J connectivity index is 1.67. The van der Waals surface area contributed by atoms with Crippen LogP contribution in [0, 0.1) is 11.7 Å². The maximum absolute atomic E-state index is 13.6. The first-order chi connectivity index (χ1) is 15.3. The Bertz CT molecular complexity index is 909. The van der Waals surface area contributed by atoms with Crippen LogP contribution < -0.4 is 5.32 Å². The molecule has 2 N–H and O–H groups in total. The van der Waals surface area contributed by atoms with Gasteiger partial charge in [-0.05, 0) is 54.1 Å². The van der Waals surface area contributed by atoms with Gasteiger partial charge in [-0.15, -0.1) is 0 Å². The minimum Gasteiger partial charge on any atom is -0.395 e. The molecule has 1 saturated heterocycles. The van der Waals surface area contributed by atoms with Gasteiger partial charge in [0.05, 0.1) is 24.9 Å². The number of nitrogens with zero attached hydrogens (tertiary/aromatic N) is 1. The zero-order chi connectivity index (χ0) is 22.9. The third-order valence-corrected chi connectivity index (χ3v) is 7.07. The number of likely N-dealkylation sites (N-methyl/N-ethyl adjacent to an activating group) is 1. The lowest BCUT2D eigenvalue weighted by Gasteiger charge is -2.46. The Morgan fingerprint density at radius 1 is 1.12 bits per heavy atom. The second-order valence-electron chi connectivity index (χ2n) is 10.3. The van der Waals surface area contributed by atoms with Crippen LogP contribution in [0.25, 0.3) is 0 Å². The summed E-state index contributed by atoms with van der Waals surface area (Å²) in [5.41, 5.74) is 4.81. The molecule has 0 aliphatic carbocycles. The van der Waals surface area contributed by atoms with E-state index in [1.165, 1.54) is 11.1 Å². The van der Waals surface area contributed by atoms with Crippen molar-refractivity contribution in [2.24, 2.45) is 5.92 Å². The molecule has 2 aromatic carbocycles. The molecule has 0 radical (unpaired) electrons. The molecule has 0 spiro atoms. The first-order valence-electron chi connectivity index (χ1n) is 11.9. The van der Waals surface area contributed by atoms with E-state index < -0.39 is 0 Å². The molecule has 2 heterocycles. The van der Waals surface area contributed by atoms with E-state index in [-0.39, 0.29) is 42.0 Å². The lowest BCUT2D eigenvalue weighted by molar-refractivity contribution is -0.103. The molecule has 0 amide bonds. The van der Waals surface area contributed by atoms with Crippen molar-refractivity contribution in [2.75, 3.05) is 31.6 Å². The average Bonchev–Trinajstić information content (AvgIpc) is 2.78. The van der Waals surface area contributed by atoms with Crippen molar-refractivity contribution in [2.45, 2.75) is 64.2 Å². The van der Waals surface area contributed by atoms with Gasteiger partial charge in [-0.3, -0.25) is 4.90 Å². The third kappa shape index (κ3) is 4.85. The van der Waals surface area contributed by atoms with E-state index in [1.807, 2.05) is 12.1 Å². The highest BCUT2D eigenvalue weighted by Gasteiger charge is 2.42. The average molecular weight is 441 g/mol. The molecule has 0 saturated carbocycles. The fourth-order valence-corrected chi connectivity index (χ4v) is 5.16. The summed E-state index contributed by atoms with van der Waals surface area (Å²) in [7, 11) is 0. The SMILES string of the molecule is CCN(CCO)C[C@H]1CC[C@@H]2[C@H](O1)c1cc(C(C)(C)C)ccc1N[C@H]2c1ccc(F)cc1. The van der Waals surface area contributed by atoms with E-state index >= 15 is 0 Å². The Labute approximate surface area is 191 Å². The fourth-order valence-electron chi connectivity index (χ4n) is 5.16. The zero-order valence-corrected chi connectivity index (χ0v) is 19.8. The number of hydrogen-bond acceptors (Lipinski definition) is 4. The summed E-state index contributed by atoms with van der Waals surface area (Å²) in [6, 6.07) is 13.7. The summed E-state index contributed by atoms with van der Waals surface area (Å²) < 4.78 is 20.4. The zero-order valence-electron chi connectivity index (χ0n) is 19.8. The predicted molar refractivity (Wildman–Crippen MR) is 127 cm³/mol. The number of fused-ring (bicyclic) bond motifs is 3. The topological polar surface area (TPSA) is 44.7 Å². The number of nitrogens with one attached hydrogen (secondary N) is 1. The van der Waals surface area contributed by atoms with Crippen LogP contribution >= 0.6 is 0 Å². The Morgan fingerprint density at radius 2 is 1.88 bits per heavy atom. The Hall–Kier alpha value is -1.95. The quantitative estimate of drug-likeness (QED) is 0.628. The maximum atomic E-state index is 13.6. The van der Waals surface area contributed by atoms with Crippen molar-refractivity contribution in [3.63, 3.8) is 0 Å². The van der Waals surface area contributed by atoms with Gasteiger partial charge < -0.3 is 15.2 Å². The fraction of sp³-hybridized carbons (Fsp3) is 0.556. The molecule has 0 aromatic heterocycles. The molecule has 4 atom stereocenters. The van der Waals surface area contributed by atoms with Gasteiger partial charge in [0, 0.05) is 30.3 Å². The molecule has 4 nitrogen and oxygen atoms in total. The van der Waals surface area contributed by atoms with Crippen molar-refractivity contribution in [1.82, 2.24) is 4.90 Å². The standard InChI is InChI=1S/C27H37FN2O2/c1-5-30(14-15-31)17-21-11-12-22-25(18-6-9-20(28)10-7-18)29-24-13-8-19(27(2,3)4)16-23(24)26(22)32-21/h6-10,13,16,21-22,25-26,29,31H,5,11-12,14-15,17H2,1-4H3/t21-,22+,25+,26+/m1/s1. The van der Waals surface area contributed by atoms with Gasteiger partial charge in [0.25, 0.3) is 0 Å². The second-order valence-corrected chi connectivity index (χ2v) is 10.3. The maximum Gasteiger partial charge on any atom is 0.123 e. The molecule has 2 aliphatic heterocycles. The van der Waals surface area contributed by atoms with Crippen LogP contribution in [-0.4, -0.2) is 42.4 Å². The van der Waals surface area contributed by atoms with Gasteiger partial charge in [-0.1, -0.05) is 52.0 Å². The minimum atomic E-state index is -0.208. The first-order valence-corrected chi connectivity index (χ1v) is 11.9. The smallest absolute Gasteiger partial charge is 0.123 e. The van der Waals surface area contributed by atoms with Crippen molar-refractivity contribution in [3.05, 3.63) is 65.0 Å². The summed E-state index contributed by atoms with van der Waals surface area (Å²) in [6.07, 6.45) is 2.16. The summed E-state index contributed by atoms with van der Waals surface area (Å²) in [4.78, 5) is 2.26. The van der Waals surface area contributed by atoms with Crippen LogP contribution in [0.15, 0.2) is 42.5 Å². The number of benzene rings is 2. The van der Waals surface area contributed by atoms with E-state index in [2.05, 4.69) is 56.1 Å².